The van der Waals surface area contributed by atoms with Crippen molar-refractivity contribution in [1.82, 2.24) is 15.3 Å². The van der Waals surface area contributed by atoms with Gasteiger partial charge < -0.3 is 5.32 Å². The van der Waals surface area contributed by atoms with Gasteiger partial charge in [-0.3, -0.25) is 0 Å². The summed E-state index contributed by atoms with van der Waals surface area (Å²) in [6.45, 7) is 8.38. The van der Waals surface area contributed by atoms with Crippen molar-refractivity contribution in [2.75, 3.05) is 7.05 Å². The lowest BCUT2D eigenvalue weighted by Crippen LogP contribution is -2.35. The Kier molecular flexibility index (Phi) is 3.80. The fourth-order valence-corrected chi connectivity index (χ4v) is 1.41. The molecule has 0 amide bonds. The molecule has 0 saturated carbocycles. The van der Waals surface area contributed by atoms with E-state index >= 15 is 0 Å². The first-order chi connectivity index (χ1) is 6.99. The Hall–Kier alpha value is -0.960. The van der Waals surface area contributed by atoms with Crippen LogP contribution in [0.2, 0.25) is 0 Å². The van der Waals surface area contributed by atoms with Crippen LogP contribution >= 0.6 is 0 Å². The summed E-state index contributed by atoms with van der Waals surface area (Å²) >= 11 is 0. The average Bonchev–Trinajstić information content (AvgIpc) is 2.17. The monoisotopic (exact) mass is 207 g/mol. The Balaban J connectivity index is 3.08. The zero-order valence-corrected chi connectivity index (χ0v) is 10.4. The maximum absolute atomic E-state index is 4.59. The molecule has 3 nitrogen and oxygen atoms in total. The maximum atomic E-state index is 4.59. The Labute approximate surface area is 92.3 Å². The predicted molar refractivity (Wildman–Crippen MR) is 62.8 cm³/mol. The molecule has 0 aliphatic rings. The molecule has 15 heavy (non-hydrogen) atoms. The Morgan fingerprint density at radius 1 is 1.33 bits per heavy atom. The zero-order valence-electron chi connectivity index (χ0n) is 10.4. The molecule has 0 unspecified atom stereocenters. The van der Waals surface area contributed by atoms with Crippen LogP contribution in [0.1, 0.15) is 44.4 Å². The molecular weight excluding hydrogens is 186 g/mol. The highest BCUT2D eigenvalue weighted by Gasteiger charge is 2.21. The van der Waals surface area contributed by atoms with E-state index in [1.54, 1.807) is 0 Å². The molecule has 0 aromatic carbocycles. The molecule has 0 aliphatic carbocycles. The summed E-state index contributed by atoms with van der Waals surface area (Å²) in [5.74, 6) is 0.883. The van der Waals surface area contributed by atoms with Gasteiger partial charge >= 0.3 is 0 Å². The molecular formula is C12H21N3. The second-order valence-corrected chi connectivity index (χ2v) is 4.45. The number of nitrogens with zero attached hydrogens (tertiary/aromatic N) is 2. The number of aryl methyl sites for hydroxylation is 2. The van der Waals surface area contributed by atoms with Gasteiger partial charge in [0, 0.05) is 11.4 Å². The highest BCUT2D eigenvalue weighted by atomic mass is 15.0. The van der Waals surface area contributed by atoms with Gasteiger partial charge in [-0.2, -0.15) is 0 Å². The van der Waals surface area contributed by atoms with Gasteiger partial charge in [-0.05, 0) is 40.3 Å². The van der Waals surface area contributed by atoms with Crippen LogP contribution in [0.5, 0.6) is 0 Å². The summed E-state index contributed by atoms with van der Waals surface area (Å²) in [7, 11) is 1.94. The number of rotatable bonds is 4. The van der Waals surface area contributed by atoms with Crippen LogP contribution in [0.4, 0.5) is 0 Å². The molecule has 3 heteroatoms. The Morgan fingerprint density at radius 2 is 2.00 bits per heavy atom. The lowest BCUT2D eigenvalue weighted by atomic mass is 10.0. The van der Waals surface area contributed by atoms with Crippen molar-refractivity contribution in [3.63, 3.8) is 0 Å². The van der Waals surface area contributed by atoms with Crippen molar-refractivity contribution in [2.45, 2.75) is 46.1 Å². The van der Waals surface area contributed by atoms with E-state index in [0.717, 1.165) is 30.1 Å². The zero-order chi connectivity index (χ0) is 11.5. The molecule has 1 N–H and O–H groups in total. The quantitative estimate of drug-likeness (QED) is 0.822. The highest BCUT2D eigenvalue weighted by molar-refractivity contribution is 5.14. The molecule has 1 aromatic heterocycles. The van der Waals surface area contributed by atoms with E-state index in [-0.39, 0.29) is 5.54 Å². The van der Waals surface area contributed by atoms with Gasteiger partial charge in [0.15, 0.2) is 0 Å². The molecule has 1 heterocycles. The van der Waals surface area contributed by atoms with E-state index in [1.807, 2.05) is 14.0 Å². The van der Waals surface area contributed by atoms with Crippen molar-refractivity contribution in [1.29, 1.82) is 0 Å². The van der Waals surface area contributed by atoms with E-state index in [2.05, 4.69) is 42.1 Å². The minimum Gasteiger partial charge on any atom is -0.308 e. The van der Waals surface area contributed by atoms with Crippen molar-refractivity contribution >= 4 is 0 Å². The van der Waals surface area contributed by atoms with Crippen molar-refractivity contribution < 1.29 is 0 Å². The first kappa shape index (κ1) is 12.1. The third-order valence-corrected chi connectivity index (χ3v) is 2.60. The largest absolute Gasteiger partial charge is 0.308 e. The molecule has 84 valence electrons. The van der Waals surface area contributed by atoms with Gasteiger partial charge in [-0.15, -0.1) is 0 Å². The molecule has 0 aliphatic heterocycles. The van der Waals surface area contributed by atoms with Gasteiger partial charge in [0.05, 0.1) is 5.54 Å². The van der Waals surface area contributed by atoms with Gasteiger partial charge in [-0.25, -0.2) is 9.97 Å². The number of hydrogen-bond acceptors (Lipinski definition) is 3. The molecule has 0 radical (unpaired) electrons. The van der Waals surface area contributed by atoms with Crippen LogP contribution < -0.4 is 5.32 Å². The van der Waals surface area contributed by atoms with Crippen LogP contribution in [-0.4, -0.2) is 17.0 Å². The summed E-state index contributed by atoms with van der Waals surface area (Å²) in [6.07, 6.45) is 2.14. The predicted octanol–water partition coefficient (Wildman–Crippen LogP) is 2.19. The second-order valence-electron chi connectivity index (χ2n) is 4.45. The summed E-state index contributed by atoms with van der Waals surface area (Å²) in [6, 6.07) is 2.07. The Bertz CT molecular complexity index is 332. The van der Waals surface area contributed by atoms with Gasteiger partial charge in [0.2, 0.25) is 0 Å². The fraction of sp³-hybridized carbons (Fsp3) is 0.667. The summed E-state index contributed by atoms with van der Waals surface area (Å²) in [5.41, 5.74) is 2.03. The lowest BCUT2D eigenvalue weighted by molar-refractivity contribution is 0.413. The highest BCUT2D eigenvalue weighted by Crippen LogP contribution is 2.16. The van der Waals surface area contributed by atoms with Crippen molar-refractivity contribution in [2.24, 2.45) is 0 Å². The standard InChI is InChI=1S/C12H21N3/c1-6-7-10-8-9(2)14-11(15-10)12(3,4)13-5/h8,13H,6-7H2,1-5H3. The number of aromatic nitrogens is 2. The summed E-state index contributed by atoms with van der Waals surface area (Å²) in [5, 5.41) is 3.23. The van der Waals surface area contributed by atoms with Gasteiger partial charge in [0.25, 0.3) is 0 Å². The minimum atomic E-state index is -0.158. The van der Waals surface area contributed by atoms with Crippen LogP contribution in [-0.2, 0) is 12.0 Å². The summed E-state index contributed by atoms with van der Waals surface area (Å²) < 4.78 is 0. The maximum Gasteiger partial charge on any atom is 0.148 e. The van der Waals surface area contributed by atoms with Crippen molar-refractivity contribution in [3.8, 4) is 0 Å². The second kappa shape index (κ2) is 4.71. The normalized spacial score (nSPS) is 11.8. The molecule has 0 atom stereocenters. The Morgan fingerprint density at radius 3 is 2.53 bits per heavy atom. The third kappa shape index (κ3) is 2.99. The van der Waals surface area contributed by atoms with E-state index < -0.39 is 0 Å². The molecule has 0 fully saturated rings. The molecule has 1 rings (SSSR count). The van der Waals surface area contributed by atoms with Gasteiger partial charge in [-0.1, -0.05) is 13.3 Å². The molecule has 1 aromatic rings. The smallest absolute Gasteiger partial charge is 0.148 e. The van der Waals surface area contributed by atoms with Crippen LogP contribution in [0.3, 0.4) is 0 Å². The molecule has 0 spiro atoms. The van der Waals surface area contributed by atoms with E-state index in [4.69, 9.17) is 0 Å². The fourth-order valence-electron chi connectivity index (χ4n) is 1.41. The van der Waals surface area contributed by atoms with Gasteiger partial charge in [0.1, 0.15) is 5.82 Å². The van der Waals surface area contributed by atoms with Crippen LogP contribution in [0.15, 0.2) is 6.07 Å². The first-order valence-corrected chi connectivity index (χ1v) is 5.53. The molecule has 0 saturated heterocycles. The topological polar surface area (TPSA) is 37.8 Å². The summed E-state index contributed by atoms with van der Waals surface area (Å²) in [4.78, 5) is 9.08. The van der Waals surface area contributed by atoms with Crippen molar-refractivity contribution in [3.05, 3.63) is 23.3 Å². The average molecular weight is 207 g/mol. The van der Waals surface area contributed by atoms with Crippen LogP contribution in [0, 0.1) is 6.92 Å². The SMILES string of the molecule is CCCc1cc(C)nc(C(C)(C)NC)n1. The van der Waals surface area contributed by atoms with E-state index in [1.165, 1.54) is 0 Å². The van der Waals surface area contributed by atoms with E-state index in [0.29, 0.717) is 0 Å². The number of nitrogens with one attached hydrogen (secondary N) is 1. The lowest BCUT2D eigenvalue weighted by Gasteiger charge is -2.23. The first-order valence-electron chi connectivity index (χ1n) is 5.53. The molecule has 0 bridgehead atoms. The number of hydrogen-bond donors (Lipinski definition) is 1. The van der Waals surface area contributed by atoms with Crippen LogP contribution in [0.25, 0.3) is 0 Å². The third-order valence-electron chi connectivity index (χ3n) is 2.60. The minimum absolute atomic E-state index is 0.158. The van der Waals surface area contributed by atoms with E-state index in [9.17, 15) is 0 Å².